The predicted molar refractivity (Wildman–Crippen MR) is 119 cm³/mol. The number of methoxy groups -OCH3 is 2. The average molecular weight is 438 g/mol. The summed E-state index contributed by atoms with van der Waals surface area (Å²) in [4.78, 5) is 30.6. The van der Waals surface area contributed by atoms with Gasteiger partial charge in [0.2, 0.25) is 5.65 Å². The van der Waals surface area contributed by atoms with Gasteiger partial charge in [0, 0.05) is 58.1 Å². The molecule has 168 valence electrons. The lowest BCUT2D eigenvalue weighted by atomic mass is 9.97. The van der Waals surface area contributed by atoms with Gasteiger partial charge in [-0.05, 0) is 19.1 Å². The van der Waals surface area contributed by atoms with Crippen LogP contribution in [-0.4, -0.2) is 83.2 Å². The van der Waals surface area contributed by atoms with E-state index in [2.05, 4.69) is 30.1 Å². The number of carbonyl (C=O) groups is 1. The number of hydrogen-bond donors (Lipinski definition) is 1. The summed E-state index contributed by atoms with van der Waals surface area (Å²) in [5.74, 6) is 2.01. The minimum Gasteiger partial charge on any atom is -0.478 e. The summed E-state index contributed by atoms with van der Waals surface area (Å²) in [6, 6.07) is 3.69. The summed E-state index contributed by atoms with van der Waals surface area (Å²) >= 11 is 0. The van der Waals surface area contributed by atoms with Gasteiger partial charge in [0.25, 0.3) is 11.8 Å². The van der Waals surface area contributed by atoms with Crippen LogP contribution in [0.2, 0.25) is 0 Å². The molecule has 2 fully saturated rings. The van der Waals surface area contributed by atoms with E-state index in [1.807, 2.05) is 19.2 Å². The van der Waals surface area contributed by atoms with Crippen LogP contribution in [0.1, 0.15) is 16.1 Å². The fourth-order valence-corrected chi connectivity index (χ4v) is 4.24. The number of pyridine rings is 1. The molecule has 5 rings (SSSR count). The predicted octanol–water partition coefficient (Wildman–Crippen LogP) is 1.46. The molecule has 10 heteroatoms. The van der Waals surface area contributed by atoms with Crippen LogP contribution in [0.3, 0.4) is 0 Å². The van der Waals surface area contributed by atoms with Gasteiger partial charge in [0.15, 0.2) is 5.82 Å². The van der Waals surface area contributed by atoms with Crippen molar-refractivity contribution in [2.24, 2.45) is 5.92 Å². The molecular weight excluding hydrogens is 410 g/mol. The lowest BCUT2D eigenvalue weighted by Crippen LogP contribution is -2.58. The number of ether oxygens (including phenoxy) is 2. The molecule has 1 amide bonds. The standard InChI is InChI=1S/C22H27N7O3/c1-14-7-29-13-18(26-22(32-3)20(29)24-14)25-21(30)16-4-5-19(23-6-16)28-9-15(10-28)8-27-11-17(12-27)31-2/h4-7,13,15,17H,8-12H2,1-3H3,(H,25,30). The second kappa shape index (κ2) is 8.36. The van der Waals surface area contributed by atoms with Crippen molar-refractivity contribution in [1.29, 1.82) is 0 Å². The number of aromatic nitrogens is 4. The molecule has 0 bridgehead atoms. The lowest BCUT2D eigenvalue weighted by molar-refractivity contribution is -0.0372. The van der Waals surface area contributed by atoms with E-state index in [4.69, 9.17) is 9.47 Å². The van der Waals surface area contributed by atoms with Crippen molar-refractivity contribution < 1.29 is 14.3 Å². The molecular formula is C22H27N7O3. The summed E-state index contributed by atoms with van der Waals surface area (Å²) in [6.07, 6.45) is 5.57. The highest BCUT2D eigenvalue weighted by molar-refractivity contribution is 6.03. The minimum atomic E-state index is -0.276. The number of likely N-dealkylation sites (tertiary alicyclic amines) is 1. The van der Waals surface area contributed by atoms with Crippen LogP contribution >= 0.6 is 0 Å². The van der Waals surface area contributed by atoms with Crippen molar-refractivity contribution in [2.75, 3.05) is 57.2 Å². The Morgan fingerprint density at radius 1 is 1.16 bits per heavy atom. The normalized spacial score (nSPS) is 17.3. The molecule has 5 heterocycles. The summed E-state index contributed by atoms with van der Waals surface area (Å²) in [7, 11) is 3.30. The van der Waals surface area contributed by atoms with Crippen molar-refractivity contribution in [3.8, 4) is 5.88 Å². The van der Waals surface area contributed by atoms with Crippen molar-refractivity contribution >= 4 is 23.2 Å². The molecule has 3 aromatic heterocycles. The Bertz CT molecular complexity index is 1120. The van der Waals surface area contributed by atoms with Gasteiger partial charge in [-0.3, -0.25) is 14.1 Å². The third kappa shape index (κ3) is 3.98. The molecule has 0 saturated carbocycles. The molecule has 0 unspecified atom stereocenters. The molecule has 0 aliphatic carbocycles. The molecule has 0 atom stereocenters. The fourth-order valence-electron chi connectivity index (χ4n) is 4.24. The van der Waals surface area contributed by atoms with Gasteiger partial charge in [0.1, 0.15) is 5.82 Å². The monoisotopic (exact) mass is 437 g/mol. The molecule has 1 N–H and O–H groups in total. The largest absolute Gasteiger partial charge is 0.478 e. The van der Waals surface area contributed by atoms with Crippen molar-refractivity contribution in [3.05, 3.63) is 42.0 Å². The van der Waals surface area contributed by atoms with Gasteiger partial charge in [-0.15, -0.1) is 0 Å². The Kier molecular flexibility index (Phi) is 5.40. The fraction of sp³-hybridized carbons (Fsp3) is 0.455. The molecule has 0 spiro atoms. The van der Waals surface area contributed by atoms with Crippen LogP contribution in [0.4, 0.5) is 11.6 Å². The smallest absolute Gasteiger partial charge is 0.260 e. The van der Waals surface area contributed by atoms with Gasteiger partial charge < -0.3 is 19.7 Å². The first kappa shape index (κ1) is 20.7. The van der Waals surface area contributed by atoms with Crippen LogP contribution in [0.25, 0.3) is 5.65 Å². The zero-order valence-electron chi connectivity index (χ0n) is 18.5. The van der Waals surface area contributed by atoms with Crippen molar-refractivity contribution in [2.45, 2.75) is 13.0 Å². The number of amides is 1. The molecule has 0 aromatic carbocycles. The molecule has 2 aliphatic rings. The molecule has 10 nitrogen and oxygen atoms in total. The van der Waals surface area contributed by atoms with Crippen molar-refractivity contribution in [1.82, 2.24) is 24.3 Å². The summed E-state index contributed by atoms with van der Waals surface area (Å²) in [6.45, 7) is 7.03. The second-order valence-corrected chi connectivity index (χ2v) is 8.46. The topological polar surface area (TPSA) is 97.1 Å². The van der Waals surface area contributed by atoms with E-state index in [0.717, 1.165) is 44.2 Å². The maximum Gasteiger partial charge on any atom is 0.260 e. The van der Waals surface area contributed by atoms with Gasteiger partial charge >= 0.3 is 0 Å². The second-order valence-electron chi connectivity index (χ2n) is 8.46. The van der Waals surface area contributed by atoms with Crippen LogP contribution in [0.15, 0.2) is 30.7 Å². The Balaban J connectivity index is 1.18. The Morgan fingerprint density at radius 2 is 1.97 bits per heavy atom. The number of nitrogens with one attached hydrogen (secondary N) is 1. The highest BCUT2D eigenvalue weighted by atomic mass is 16.5. The number of anilines is 2. The third-order valence-corrected chi connectivity index (χ3v) is 6.03. The zero-order valence-corrected chi connectivity index (χ0v) is 18.5. The summed E-state index contributed by atoms with van der Waals surface area (Å²) in [5, 5.41) is 2.81. The van der Waals surface area contributed by atoms with E-state index in [9.17, 15) is 4.79 Å². The molecule has 0 radical (unpaired) electrons. The molecule has 2 aliphatic heterocycles. The van der Waals surface area contributed by atoms with Crippen LogP contribution in [0.5, 0.6) is 5.88 Å². The highest BCUT2D eigenvalue weighted by Gasteiger charge is 2.34. The lowest BCUT2D eigenvalue weighted by Gasteiger charge is -2.46. The van der Waals surface area contributed by atoms with Crippen molar-refractivity contribution in [3.63, 3.8) is 0 Å². The molecule has 32 heavy (non-hydrogen) atoms. The van der Waals surface area contributed by atoms with Gasteiger partial charge in [0.05, 0.1) is 30.7 Å². The SMILES string of the molecule is COc1nc(NC(=O)c2ccc(N3CC(CN4CC(OC)C4)C3)nc2)cn2cc(C)nc12. The average Bonchev–Trinajstić information content (AvgIpc) is 3.11. The van der Waals surface area contributed by atoms with E-state index in [0.29, 0.717) is 34.9 Å². The van der Waals surface area contributed by atoms with Crippen LogP contribution < -0.4 is 15.0 Å². The minimum absolute atomic E-state index is 0.276. The number of aryl methyl sites for hydroxylation is 1. The van der Waals surface area contributed by atoms with Gasteiger partial charge in [-0.25, -0.2) is 9.97 Å². The number of imidazole rings is 1. The number of rotatable bonds is 7. The first-order chi connectivity index (χ1) is 15.5. The summed E-state index contributed by atoms with van der Waals surface area (Å²) < 4.78 is 12.4. The van der Waals surface area contributed by atoms with E-state index < -0.39 is 0 Å². The highest BCUT2D eigenvalue weighted by Crippen LogP contribution is 2.25. The Morgan fingerprint density at radius 3 is 2.66 bits per heavy atom. The maximum atomic E-state index is 12.7. The van der Waals surface area contributed by atoms with Crippen LogP contribution in [-0.2, 0) is 4.74 Å². The Hall–Kier alpha value is -3.24. The van der Waals surface area contributed by atoms with E-state index in [1.165, 1.54) is 7.11 Å². The quantitative estimate of drug-likeness (QED) is 0.593. The number of carbonyl (C=O) groups excluding carboxylic acids is 1. The number of fused-ring (bicyclic) bond motifs is 1. The van der Waals surface area contributed by atoms with Gasteiger partial charge in [-0.1, -0.05) is 0 Å². The maximum absolute atomic E-state index is 12.7. The van der Waals surface area contributed by atoms with Crippen LogP contribution in [0, 0.1) is 12.8 Å². The number of hydrogen-bond acceptors (Lipinski definition) is 8. The molecule has 2 saturated heterocycles. The summed E-state index contributed by atoms with van der Waals surface area (Å²) in [5.41, 5.74) is 1.92. The van der Waals surface area contributed by atoms with E-state index >= 15 is 0 Å². The zero-order chi connectivity index (χ0) is 22.2. The number of nitrogens with zero attached hydrogens (tertiary/aromatic N) is 6. The first-order valence-electron chi connectivity index (χ1n) is 10.7. The third-order valence-electron chi connectivity index (χ3n) is 6.03. The van der Waals surface area contributed by atoms with Gasteiger partial charge in [-0.2, -0.15) is 4.98 Å². The molecule has 3 aromatic rings. The Labute approximate surface area is 186 Å². The first-order valence-corrected chi connectivity index (χ1v) is 10.7. The van der Waals surface area contributed by atoms with E-state index in [1.54, 1.807) is 30.0 Å². The van der Waals surface area contributed by atoms with E-state index in [-0.39, 0.29) is 5.91 Å².